The van der Waals surface area contributed by atoms with Gasteiger partial charge < -0.3 is 29.4 Å². The van der Waals surface area contributed by atoms with Crippen LogP contribution in [0.5, 0.6) is 0 Å². The van der Waals surface area contributed by atoms with Crippen molar-refractivity contribution in [3.8, 4) is 11.3 Å². The number of benzene rings is 1. The summed E-state index contributed by atoms with van der Waals surface area (Å²) in [5.74, 6) is -3.77. The number of methoxy groups -OCH3 is 1. The standard InChI is InChI=1S/C33H45NO9/c1-20-19-32(4,41-6)14-12-25(35)21(2)31(39)43-27(33(5,40)30(38)22(3)29(20)37)13-15-34-28(36)18-23-9-7-10-24(17-23)26-11-8-16-42-26/h7-11,16-17,20-22,27,30,38,40H,12-15,18-19H2,1-6H3,(H,34,36)/t20-,21-,22+,27-,30-,32+,33-/m1/s1. The van der Waals surface area contributed by atoms with Gasteiger partial charge in [0.05, 0.1) is 24.4 Å². The molecule has 0 saturated carbocycles. The Morgan fingerprint density at radius 3 is 2.49 bits per heavy atom. The number of amides is 1. The summed E-state index contributed by atoms with van der Waals surface area (Å²) in [6.07, 6.45) is -0.685. The van der Waals surface area contributed by atoms with Crippen LogP contribution in [0.2, 0.25) is 0 Å². The smallest absolute Gasteiger partial charge is 0.316 e. The first-order valence-corrected chi connectivity index (χ1v) is 14.8. The van der Waals surface area contributed by atoms with Gasteiger partial charge in [0.2, 0.25) is 5.91 Å². The monoisotopic (exact) mass is 599 g/mol. The molecule has 0 aliphatic carbocycles. The maximum Gasteiger partial charge on any atom is 0.316 e. The molecular formula is C33H45NO9. The largest absolute Gasteiger partial charge is 0.464 e. The second-order valence-electron chi connectivity index (χ2n) is 12.2. The van der Waals surface area contributed by atoms with Crippen molar-refractivity contribution in [3.63, 3.8) is 0 Å². The van der Waals surface area contributed by atoms with E-state index in [0.29, 0.717) is 18.6 Å². The minimum Gasteiger partial charge on any atom is -0.464 e. The third-order valence-electron chi connectivity index (χ3n) is 8.71. The summed E-state index contributed by atoms with van der Waals surface area (Å²) in [6.45, 7) is 7.80. The molecule has 236 valence electrons. The van der Waals surface area contributed by atoms with E-state index in [0.717, 1.165) is 11.1 Å². The van der Waals surface area contributed by atoms with Crippen LogP contribution < -0.4 is 5.32 Å². The summed E-state index contributed by atoms with van der Waals surface area (Å²) in [5.41, 5.74) is -1.27. The molecule has 1 fully saturated rings. The number of aliphatic hydroxyl groups is 2. The van der Waals surface area contributed by atoms with Crippen molar-refractivity contribution in [1.82, 2.24) is 5.32 Å². The molecule has 10 nitrogen and oxygen atoms in total. The number of carbonyl (C=O) groups excluding carboxylic acids is 4. The van der Waals surface area contributed by atoms with Gasteiger partial charge in [0.15, 0.2) is 0 Å². The van der Waals surface area contributed by atoms with E-state index >= 15 is 0 Å². The Hall–Kier alpha value is -3.34. The first-order valence-electron chi connectivity index (χ1n) is 14.8. The molecule has 1 aliphatic heterocycles. The van der Waals surface area contributed by atoms with Crippen molar-refractivity contribution in [1.29, 1.82) is 0 Å². The number of furan rings is 1. The lowest BCUT2D eigenvalue weighted by molar-refractivity contribution is -0.190. The zero-order valence-electron chi connectivity index (χ0n) is 25.9. The summed E-state index contributed by atoms with van der Waals surface area (Å²) in [5, 5.41) is 25.5. The zero-order chi connectivity index (χ0) is 31.9. The summed E-state index contributed by atoms with van der Waals surface area (Å²) < 4.78 is 16.7. The van der Waals surface area contributed by atoms with Crippen molar-refractivity contribution in [2.75, 3.05) is 13.7 Å². The fourth-order valence-electron chi connectivity index (χ4n) is 5.65. The molecule has 0 unspecified atom stereocenters. The number of ketones is 2. The van der Waals surface area contributed by atoms with Gasteiger partial charge in [-0.1, -0.05) is 32.0 Å². The van der Waals surface area contributed by atoms with E-state index in [1.165, 1.54) is 27.9 Å². The van der Waals surface area contributed by atoms with Crippen LogP contribution in [0.1, 0.15) is 65.9 Å². The first-order chi connectivity index (χ1) is 20.2. The van der Waals surface area contributed by atoms with E-state index in [2.05, 4.69) is 5.32 Å². The highest BCUT2D eigenvalue weighted by Gasteiger charge is 2.47. The van der Waals surface area contributed by atoms with E-state index in [9.17, 15) is 29.4 Å². The molecule has 0 radical (unpaired) electrons. The van der Waals surface area contributed by atoms with Crippen LogP contribution in [-0.4, -0.2) is 70.7 Å². The Morgan fingerprint density at radius 2 is 1.84 bits per heavy atom. The number of aliphatic hydroxyl groups excluding tert-OH is 1. The van der Waals surface area contributed by atoms with E-state index in [-0.39, 0.29) is 43.3 Å². The van der Waals surface area contributed by atoms with Crippen LogP contribution >= 0.6 is 0 Å². The molecule has 1 saturated heterocycles. The number of hydrogen-bond acceptors (Lipinski definition) is 9. The van der Waals surface area contributed by atoms with Crippen LogP contribution in [-0.2, 0) is 35.1 Å². The number of esters is 1. The van der Waals surface area contributed by atoms with Gasteiger partial charge in [0.25, 0.3) is 0 Å². The molecule has 2 heterocycles. The highest BCUT2D eigenvalue weighted by atomic mass is 16.6. The van der Waals surface area contributed by atoms with Crippen LogP contribution in [0.25, 0.3) is 11.3 Å². The van der Waals surface area contributed by atoms with Gasteiger partial charge >= 0.3 is 5.97 Å². The average Bonchev–Trinajstić information content (AvgIpc) is 3.52. The normalized spacial score (nSPS) is 31.3. The van der Waals surface area contributed by atoms with Crippen molar-refractivity contribution >= 4 is 23.4 Å². The fourth-order valence-corrected chi connectivity index (χ4v) is 5.65. The maximum absolute atomic E-state index is 13.3. The molecule has 2 aromatic rings. The summed E-state index contributed by atoms with van der Waals surface area (Å²) in [7, 11) is 1.51. The number of cyclic esters (lactones) is 1. The van der Waals surface area contributed by atoms with Gasteiger partial charge in [0.1, 0.15) is 34.9 Å². The number of carbonyl (C=O) groups is 4. The second kappa shape index (κ2) is 14.4. The average molecular weight is 600 g/mol. The molecule has 3 rings (SSSR count). The molecule has 1 aliphatic rings. The Labute approximate surface area is 253 Å². The van der Waals surface area contributed by atoms with Crippen LogP contribution in [0, 0.1) is 17.8 Å². The highest BCUT2D eigenvalue weighted by molar-refractivity contribution is 5.98. The van der Waals surface area contributed by atoms with Gasteiger partial charge in [-0.05, 0) is 57.4 Å². The van der Waals surface area contributed by atoms with Gasteiger partial charge in [0, 0.05) is 43.9 Å². The van der Waals surface area contributed by atoms with Crippen molar-refractivity contribution < 1.29 is 43.3 Å². The molecule has 0 bridgehead atoms. The lowest BCUT2D eigenvalue weighted by atomic mass is 9.76. The lowest BCUT2D eigenvalue weighted by Gasteiger charge is -2.40. The predicted molar refractivity (Wildman–Crippen MR) is 159 cm³/mol. The number of nitrogens with one attached hydrogen (secondary N) is 1. The molecule has 1 aromatic carbocycles. The minimum atomic E-state index is -2.07. The number of ether oxygens (including phenoxy) is 2. The van der Waals surface area contributed by atoms with Crippen LogP contribution in [0.4, 0.5) is 0 Å². The lowest BCUT2D eigenvalue weighted by Crippen LogP contribution is -2.56. The number of hydrogen-bond donors (Lipinski definition) is 3. The molecule has 10 heteroatoms. The Bertz CT molecular complexity index is 1270. The Kier molecular flexibility index (Phi) is 11.5. The second-order valence-corrected chi connectivity index (χ2v) is 12.2. The molecule has 43 heavy (non-hydrogen) atoms. The minimum absolute atomic E-state index is 0.00474. The first kappa shape index (κ1) is 34.2. The van der Waals surface area contributed by atoms with E-state index < -0.39 is 47.1 Å². The van der Waals surface area contributed by atoms with Crippen LogP contribution in [0.15, 0.2) is 47.1 Å². The van der Waals surface area contributed by atoms with E-state index in [4.69, 9.17) is 13.9 Å². The quantitative estimate of drug-likeness (QED) is 0.320. The van der Waals surface area contributed by atoms with Crippen molar-refractivity contribution in [3.05, 3.63) is 48.2 Å². The molecule has 7 atom stereocenters. The third kappa shape index (κ3) is 8.61. The van der Waals surface area contributed by atoms with Gasteiger partial charge in [-0.25, -0.2) is 0 Å². The van der Waals surface area contributed by atoms with Crippen molar-refractivity contribution in [2.45, 2.75) is 90.1 Å². The van der Waals surface area contributed by atoms with Gasteiger partial charge in [-0.2, -0.15) is 0 Å². The third-order valence-corrected chi connectivity index (χ3v) is 8.71. The van der Waals surface area contributed by atoms with E-state index in [1.807, 2.05) is 30.3 Å². The summed E-state index contributed by atoms with van der Waals surface area (Å²) >= 11 is 0. The molecule has 1 amide bonds. The summed E-state index contributed by atoms with van der Waals surface area (Å²) in [4.78, 5) is 52.1. The van der Waals surface area contributed by atoms with Gasteiger partial charge in [-0.3, -0.25) is 19.2 Å². The summed E-state index contributed by atoms with van der Waals surface area (Å²) in [6, 6.07) is 11.0. The molecule has 3 N–H and O–H groups in total. The highest BCUT2D eigenvalue weighted by Crippen LogP contribution is 2.33. The Balaban J connectivity index is 1.75. The fraction of sp³-hybridized carbons (Fsp3) is 0.576. The number of rotatable bonds is 7. The predicted octanol–water partition coefficient (Wildman–Crippen LogP) is 3.65. The van der Waals surface area contributed by atoms with E-state index in [1.54, 1.807) is 26.2 Å². The Morgan fingerprint density at radius 1 is 1.12 bits per heavy atom. The molecular weight excluding hydrogens is 554 g/mol. The zero-order valence-corrected chi connectivity index (χ0v) is 25.9. The maximum atomic E-state index is 13.3. The topological polar surface area (TPSA) is 152 Å². The molecule has 1 aromatic heterocycles. The van der Waals surface area contributed by atoms with Crippen molar-refractivity contribution in [2.24, 2.45) is 17.8 Å². The van der Waals surface area contributed by atoms with Crippen LogP contribution in [0.3, 0.4) is 0 Å². The number of Topliss-reactive ketones (excluding diaryl/α,β-unsaturated/α-hetero) is 2. The SMILES string of the molecule is CO[C@@]1(C)CCC(=O)[C@@H](C)C(=O)O[C@H](CCNC(=O)Cc2cccc(-c3ccco3)c2)[C@@](C)(O)[C@H](O)[C@@H](C)C(=O)[C@H](C)C1. The molecule has 0 spiro atoms. The van der Waals surface area contributed by atoms with Gasteiger partial charge in [-0.15, -0.1) is 0 Å².